The normalized spacial score (nSPS) is 54.2. The molecule has 3 N–H and O–H groups in total. The van der Waals surface area contributed by atoms with E-state index in [1.807, 2.05) is 6.92 Å². The van der Waals surface area contributed by atoms with Crippen molar-refractivity contribution in [2.45, 2.75) is 77.6 Å². The molecular weight excluding hydrogens is 344 g/mol. The van der Waals surface area contributed by atoms with E-state index in [9.17, 15) is 20.1 Å². The summed E-state index contributed by atoms with van der Waals surface area (Å²) in [6.07, 6.45) is 3.05. The number of carbonyl (C=O) groups is 1. The fraction of sp³-hybridized carbons (Fsp3) is 0.864. The summed E-state index contributed by atoms with van der Waals surface area (Å²) in [6, 6.07) is 0. The number of fused-ring (bicyclic) bond motifs is 3. The van der Waals surface area contributed by atoms with E-state index in [0.29, 0.717) is 18.8 Å². The van der Waals surface area contributed by atoms with Crippen LogP contribution in [0, 0.1) is 34.0 Å². The maximum Gasteiger partial charge on any atom is 0.302 e. The molecule has 9 atom stereocenters. The van der Waals surface area contributed by atoms with Gasteiger partial charge in [0.15, 0.2) is 0 Å². The van der Waals surface area contributed by atoms with Crippen LogP contribution in [0.5, 0.6) is 0 Å². The number of ether oxygens (including phenoxy) is 1. The molecule has 1 spiro atoms. The maximum atomic E-state index is 11.5. The van der Waals surface area contributed by atoms with E-state index >= 15 is 0 Å². The number of hydrogen-bond donors (Lipinski definition) is 3. The molecule has 0 aromatic heterocycles. The van der Waals surface area contributed by atoms with Crippen molar-refractivity contribution in [3.8, 4) is 0 Å². The van der Waals surface area contributed by atoms with Crippen molar-refractivity contribution in [1.82, 2.24) is 0 Å². The Morgan fingerprint density at radius 3 is 2.52 bits per heavy atom. The van der Waals surface area contributed by atoms with Gasteiger partial charge in [-0.05, 0) is 67.3 Å². The third-order valence-corrected chi connectivity index (χ3v) is 9.21. The minimum absolute atomic E-state index is 0.0383. The summed E-state index contributed by atoms with van der Waals surface area (Å²) in [5.74, 6) is 0.198. The highest BCUT2D eigenvalue weighted by atomic mass is 16.5. The highest BCUT2D eigenvalue weighted by molar-refractivity contribution is 5.65. The standard InChI is InChI=1S/C22H34O5/c1-12-14-5-6-15-20(3)8-7-17(24)21(4,11-27-13(2)23)16(20)9-18(25)22(15,10-14)19(12)26/h14-19,24-26H,1,5-11H2,2-4H3/t14-,15+,16+,17-,18-,19-,20+,21-,22-/m1/s1. The Balaban J connectivity index is 1.75. The van der Waals surface area contributed by atoms with Crippen LogP contribution < -0.4 is 0 Å². The summed E-state index contributed by atoms with van der Waals surface area (Å²) in [6.45, 7) is 10.0. The summed E-state index contributed by atoms with van der Waals surface area (Å²) < 4.78 is 5.37. The molecule has 4 fully saturated rings. The van der Waals surface area contributed by atoms with Gasteiger partial charge < -0.3 is 20.1 Å². The molecule has 2 bridgehead atoms. The second kappa shape index (κ2) is 6.04. The molecule has 0 saturated heterocycles. The fourth-order valence-corrected chi connectivity index (χ4v) is 7.78. The highest BCUT2D eigenvalue weighted by Crippen LogP contribution is 2.72. The van der Waals surface area contributed by atoms with Crippen LogP contribution in [0.2, 0.25) is 0 Å². The lowest BCUT2D eigenvalue weighted by atomic mass is 9.39. The summed E-state index contributed by atoms with van der Waals surface area (Å²) in [5, 5.41) is 33.3. The van der Waals surface area contributed by atoms with Gasteiger partial charge in [0.25, 0.3) is 0 Å². The van der Waals surface area contributed by atoms with Crippen LogP contribution in [-0.4, -0.2) is 46.2 Å². The summed E-state index contributed by atoms with van der Waals surface area (Å²) in [7, 11) is 0. The molecule has 4 saturated carbocycles. The van der Waals surface area contributed by atoms with Crippen LogP contribution in [0.15, 0.2) is 12.2 Å². The first-order chi connectivity index (χ1) is 12.6. The van der Waals surface area contributed by atoms with Crippen molar-refractivity contribution in [2.75, 3.05) is 6.61 Å². The average molecular weight is 379 g/mol. The third-order valence-electron chi connectivity index (χ3n) is 9.21. The molecule has 0 aromatic rings. The van der Waals surface area contributed by atoms with E-state index in [1.54, 1.807) is 0 Å². The molecule has 27 heavy (non-hydrogen) atoms. The second-order valence-electron chi connectivity index (χ2n) is 10.3. The van der Waals surface area contributed by atoms with Crippen molar-refractivity contribution < 1.29 is 24.9 Å². The number of aliphatic hydroxyl groups excluding tert-OH is 3. The van der Waals surface area contributed by atoms with Crippen LogP contribution in [0.25, 0.3) is 0 Å². The summed E-state index contributed by atoms with van der Waals surface area (Å²) in [4.78, 5) is 11.5. The van der Waals surface area contributed by atoms with Crippen molar-refractivity contribution in [3.05, 3.63) is 12.2 Å². The van der Waals surface area contributed by atoms with Crippen molar-refractivity contribution >= 4 is 5.97 Å². The minimum Gasteiger partial charge on any atom is -0.465 e. The largest absolute Gasteiger partial charge is 0.465 e. The number of rotatable bonds is 2. The molecule has 0 amide bonds. The Kier molecular flexibility index (Phi) is 4.34. The van der Waals surface area contributed by atoms with Gasteiger partial charge in [0.2, 0.25) is 0 Å². The SMILES string of the molecule is C=C1[C@@H]2CC[C@H]3[C@]4(C)CC[C@@H](O)[C@](C)(COC(C)=O)[C@H]4C[C@@H](O)[C@]3(C2)[C@@H]1O. The molecule has 0 aromatic carbocycles. The molecule has 4 rings (SSSR count). The predicted octanol–water partition coefficient (Wildman–Crippen LogP) is 2.43. The molecule has 4 aliphatic carbocycles. The Labute approximate surface area is 161 Å². The first-order valence-corrected chi connectivity index (χ1v) is 10.4. The summed E-state index contributed by atoms with van der Waals surface area (Å²) in [5.41, 5.74) is -0.296. The monoisotopic (exact) mass is 378 g/mol. The van der Waals surface area contributed by atoms with Crippen LogP contribution >= 0.6 is 0 Å². The predicted molar refractivity (Wildman–Crippen MR) is 101 cm³/mol. The maximum absolute atomic E-state index is 11.5. The van der Waals surface area contributed by atoms with Crippen molar-refractivity contribution in [3.63, 3.8) is 0 Å². The van der Waals surface area contributed by atoms with Crippen molar-refractivity contribution in [2.24, 2.45) is 34.0 Å². The van der Waals surface area contributed by atoms with Gasteiger partial charge in [-0.3, -0.25) is 4.79 Å². The Bertz CT molecular complexity index is 661. The topological polar surface area (TPSA) is 87.0 Å². The van der Waals surface area contributed by atoms with Crippen LogP contribution in [0.4, 0.5) is 0 Å². The number of hydrogen-bond acceptors (Lipinski definition) is 5. The molecule has 0 radical (unpaired) electrons. The number of aliphatic hydroxyl groups is 3. The zero-order chi connectivity index (χ0) is 19.8. The smallest absolute Gasteiger partial charge is 0.302 e. The van der Waals surface area contributed by atoms with Crippen molar-refractivity contribution in [1.29, 1.82) is 0 Å². The first kappa shape index (κ1) is 19.4. The molecular formula is C22H34O5. The van der Waals surface area contributed by atoms with E-state index < -0.39 is 29.1 Å². The molecule has 0 heterocycles. The quantitative estimate of drug-likeness (QED) is 0.507. The Morgan fingerprint density at radius 1 is 1.15 bits per heavy atom. The average Bonchev–Trinajstić information content (AvgIpc) is 2.81. The zero-order valence-electron chi connectivity index (χ0n) is 16.8. The van der Waals surface area contributed by atoms with Gasteiger partial charge in [0.05, 0.1) is 24.9 Å². The van der Waals surface area contributed by atoms with Gasteiger partial charge in [0, 0.05) is 17.8 Å². The van der Waals surface area contributed by atoms with Gasteiger partial charge in [-0.1, -0.05) is 20.4 Å². The molecule has 152 valence electrons. The molecule has 5 heteroatoms. The number of esters is 1. The molecule has 4 aliphatic rings. The number of carbonyl (C=O) groups excluding carboxylic acids is 1. The molecule has 5 nitrogen and oxygen atoms in total. The second-order valence-corrected chi connectivity index (χ2v) is 10.3. The van der Waals surface area contributed by atoms with Gasteiger partial charge in [0.1, 0.15) is 0 Å². The Morgan fingerprint density at radius 2 is 1.85 bits per heavy atom. The summed E-state index contributed by atoms with van der Waals surface area (Å²) >= 11 is 0. The van der Waals surface area contributed by atoms with E-state index in [0.717, 1.165) is 31.3 Å². The Hall–Kier alpha value is -0.910. The van der Waals surface area contributed by atoms with Gasteiger partial charge >= 0.3 is 5.97 Å². The van der Waals surface area contributed by atoms with E-state index in [2.05, 4.69) is 13.5 Å². The molecule has 0 unspecified atom stereocenters. The van der Waals surface area contributed by atoms with Crippen LogP contribution in [-0.2, 0) is 9.53 Å². The lowest BCUT2D eigenvalue weighted by Gasteiger charge is -2.66. The zero-order valence-corrected chi connectivity index (χ0v) is 16.8. The van der Waals surface area contributed by atoms with E-state index in [4.69, 9.17) is 4.74 Å². The third kappa shape index (κ3) is 2.37. The van der Waals surface area contributed by atoms with Gasteiger partial charge in [-0.25, -0.2) is 0 Å². The van der Waals surface area contributed by atoms with E-state index in [-0.39, 0.29) is 29.8 Å². The highest BCUT2D eigenvalue weighted by Gasteiger charge is 2.71. The van der Waals surface area contributed by atoms with Crippen LogP contribution in [0.3, 0.4) is 0 Å². The van der Waals surface area contributed by atoms with E-state index in [1.165, 1.54) is 6.92 Å². The van der Waals surface area contributed by atoms with Gasteiger partial charge in [-0.2, -0.15) is 0 Å². The molecule has 0 aliphatic heterocycles. The minimum atomic E-state index is -0.644. The first-order valence-electron chi connectivity index (χ1n) is 10.4. The van der Waals surface area contributed by atoms with Crippen LogP contribution in [0.1, 0.15) is 59.3 Å². The van der Waals surface area contributed by atoms with Gasteiger partial charge in [-0.15, -0.1) is 0 Å². The lowest BCUT2D eigenvalue weighted by Crippen LogP contribution is -2.66. The lowest BCUT2D eigenvalue weighted by molar-refractivity contribution is -0.246. The fourth-order valence-electron chi connectivity index (χ4n) is 7.78.